The van der Waals surface area contributed by atoms with Crippen molar-refractivity contribution in [3.8, 4) is 5.75 Å². The molecule has 1 aromatic carbocycles. The molecular weight excluding hydrogens is 236 g/mol. The highest BCUT2D eigenvalue weighted by Crippen LogP contribution is 2.33. The second-order valence-electron chi connectivity index (χ2n) is 7.12. The van der Waals surface area contributed by atoms with Crippen LogP contribution < -0.4 is 10.5 Å². The minimum absolute atomic E-state index is 0.0961. The van der Waals surface area contributed by atoms with Crippen LogP contribution in [0, 0.1) is 0 Å². The van der Waals surface area contributed by atoms with Gasteiger partial charge in [0.1, 0.15) is 11.4 Å². The summed E-state index contributed by atoms with van der Waals surface area (Å²) in [4.78, 5) is 3.45. The lowest BCUT2D eigenvalue weighted by atomic mass is 9.92. The second-order valence-corrected chi connectivity index (χ2v) is 7.12. The van der Waals surface area contributed by atoms with Gasteiger partial charge in [-0.2, -0.15) is 0 Å². The van der Waals surface area contributed by atoms with E-state index in [1.54, 1.807) is 0 Å². The Kier molecular flexibility index (Phi) is 3.04. The van der Waals surface area contributed by atoms with E-state index in [0.29, 0.717) is 5.69 Å². The third-order valence-corrected chi connectivity index (χ3v) is 2.98. The van der Waals surface area contributed by atoms with Gasteiger partial charge in [-0.05, 0) is 32.9 Å². The molecule has 0 spiro atoms. The summed E-state index contributed by atoms with van der Waals surface area (Å²) in [5.74, 6) is 0.738. The molecular formula is C16H24N2O. The smallest absolute Gasteiger partial charge is 0.145 e. The normalized spacial score (nSPS) is 12.9. The number of aromatic amines is 1. The van der Waals surface area contributed by atoms with Crippen LogP contribution in [0.25, 0.3) is 10.9 Å². The maximum atomic E-state index is 6.07. The van der Waals surface area contributed by atoms with Crippen molar-refractivity contribution in [2.45, 2.75) is 52.6 Å². The van der Waals surface area contributed by atoms with Crippen molar-refractivity contribution in [2.75, 3.05) is 5.73 Å². The number of ether oxygens (including phenoxy) is 1. The molecule has 2 rings (SSSR count). The first kappa shape index (κ1) is 13.8. The molecule has 0 amide bonds. The molecule has 3 heteroatoms. The molecule has 0 aliphatic heterocycles. The van der Waals surface area contributed by atoms with E-state index in [0.717, 1.165) is 16.7 Å². The maximum Gasteiger partial charge on any atom is 0.145 e. The summed E-state index contributed by atoms with van der Waals surface area (Å²) < 4.78 is 5.89. The lowest BCUT2D eigenvalue weighted by Gasteiger charge is -2.22. The first-order chi connectivity index (χ1) is 8.56. The summed E-state index contributed by atoms with van der Waals surface area (Å²) in [6.45, 7) is 12.6. The van der Waals surface area contributed by atoms with Gasteiger partial charge in [-0.3, -0.25) is 0 Å². The van der Waals surface area contributed by atoms with Crippen LogP contribution in [0.3, 0.4) is 0 Å². The van der Waals surface area contributed by atoms with Crippen LogP contribution >= 0.6 is 0 Å². The summed E-state index contributed by atoms with van der Waals surface area (Å²) in [6.07, 6.45) is 0. The van der Waals surface area contributed by atoms with Gasteiger partial charge in [0.05, 0.1) is 5.69 Å². The topological polar surface area (TPSA) is 51.0 Å². The fourth-order valence-corrected chi connectivity index (χ4v) is 2.00. The van der Waals surface area contributed by atoms with Crippen molar-refractivity contribution < 1.29 is 4.74 Å². The van der Waals surface area contributed by atoms with Gasteiger partial charge in [0.15, 0.2) is 0 Å². The Bertz CT molecular complexity index is 597. The number of nitrogens with one attached hydrogen (secondary N) is 1. The van der Waals surface area contributed by atoms with Gasteiger partial charge in [-0.25, -0.2) is 0 Å². The van der Waals surface area contributed by atoms with Crippen LogP contribution in [-0.4, -0.2) is 10.6 Å². The summed E-state index contributed by atoms with van der Waals surface area (Å²) in [5, 5.41) is 1.13. The number of rotatable bonds is 1. The standard InChI is InChI=1S/C16H24N2O/c1-15(2,3)14-8-10-7-11(17)13(9-12(10)18-14)19-16(4,5)6/h7-9,18H,17H2,1-6H3. The van der Waals surface area contributed by atoms with Crippen LogP contribution in [0.5, 0.6) is 5.75 Å². The summed E-state index contributed by atoms with van der Waals surface area (Å²) in [5.41, 5.74) is 8.87. The highest BCUT2D eigenvalue weighted by atomic mass is 16.5. The van der Waals surface area contributed by atoms with Crippen molar-refractivity contribution in [1.29, 1.82) is 0 Å². The minimum Gasteiger partial charge on any atom is -0.486 e. The van der Waals surface area contributed by atoms with E-state index in [4.69, 9.17) is 10.5 Å². The summed E-state index contributed by atoms with van der Waals surface area (Å²) >= 11 is 0. The molecule has 0 fully saturated rings. The predicted molar refractivity (Wildman–Crippen MR) is 81.8 cm³/mol. The highest BCUT2D eigenvalue weighted by Gasteiger charge is 2.18. The van der Waals surface area contributed by atoms with Gasteiger partial charge >= 0.3 is 0 Å². The molecule has 19 heavy (non-hydrogen) atoms. The van der Waals surface area contributed by atoms with E-state index in [9.17, 15) is 0 Å². The van der Waals surface area contributed by atoms with Crippen LogP contribution in [0.2, 0.25) is 0 Å². The van der Waals surface area contributed by atoms with Gasteiger partial charge in [0, 0.05) is 28.1 Å². The zero-order valence-electron chi connectivity index (χ0n) is 12.7. The van der Waals surface area contributed by atoms with Crippen molar-refractivity contribution in [3.63, 3.8) is 0 Å². The van der Waals surface area contributed by atoms with Gasteiger partial charge in [-0.1, -0.05) is 20.8 Å². The molecule has 0 atom stereocenters. The van der Waals surface area contributed by atoms with Crippen LogP contribution in [0.1, 0.15) is 47.2 Å². The monoisotopic (exact) mass is 260 g/mol. The molecule has 0 unspecified atom stereocenters. The first-order valence-electron chi connectivity index (χ1n) is 6.68. The van der Waals surface area contributed by atoms with E-state index in [1.165, 1.54) is 5.69 Å². The van der Waals surface area contributed by atoms with Crippen molar-refractivity contribution in [2.24, 2.45) is 0 Å². The molecule has 0 saturated carbocycles. The van der Waals surface area contributed by atoms with E-state index >= 15 is 0 Å². The number of anilines is 1. The molecule has 0 aliphatic carbocycles. The van der Waals surface area contributed by atoms with Gasteiger partial charge in [0.25, 0.3) is 0 Å². The van der Waals surface area contributed by atoms with Gasteiger partial charge < -0.3 is 15.5 Å². The number of nitrogen functional groups attached to an aromatic ring is 1. The van der Waals surface area contributed by atoms with E-state index in [-0.39, 0.29) is 11.0 Å². The van der Waals surface area contributed by atoms with Gasteiger partial charge in [-0.15, -0.1) is 0 Å². The minimum atomic E-state index is -0.249. The molecule has 104 valence electrons. The molecule has 3 nitrogen and oxygen atoms in total. The first-order valence-corrected chi connectivity index (χ1v) is 6.68. The predicted octanol–water partition coefficient (Wildman–Crippen LogP) is 4.22. The number of aromatic nitrogens is 1. The largest absolute Gasteiger partial charge is 0.486 e. The molecule has 1 heterocycles. The fraction of sp³-hybridized carbons (Fsp3) is 0.500. The maximum absolute atomic E-state index is 6.07. The number of nitrogens with two attached hydrogens (primary N) is 1. The number of fused-ring (bicyclic) bond motifs is 1. The third-order valence-electron chi connectivity index (χ3n) is 2.98. The lowest BCUT2D eigenvalue weighted by Crippen LogP contribution is -2.23. The Labute approximate surface area is 115 Å². The molecule has 0 bridgehead atoms. The fourth-order valence-electron chi connectivity index (χ4n) is 2.00. The number of benzene rings is 1. The second kappa shape index (κ2) is 4.19. The van der Waals surface area contributed by atoms with Crippen LogP contribution in [-0.2, 0) is 5.41 Å². The molecule has 0 aliphatic rings. The molecule has 3 N–H and O–H groups in total. The Morgan fingerprint density at radius 2 is 1.63 bits per heavy atom. The van der Waals surface area contributed by atoms with Crippen molar-refractivity contribution in [3.05, 3.63) is 23.9 Å². The molecule has 0 radical (unpaired) electrons. The molecule has 1 aromatic heterocycles. The average molecular weight is 260 g/mol. The Morgan fingerprint density at radius 3 is 2.16 bits per heavy atom. The quantitative estimate of drug-likeness (QED) is 0.754. The Morgan fingerprint density at radius 1 is 1.00 bits per heavy atom. The molecule has 0 saturated heterocycles. The number of H-pyrrole nitrogens is 1. The zero-order valence-corrected chi connectivity index (χ0v) is 12.7. The van der Waals surface area contributed by atoms with Crippen LogP contribution in [0.4, 0.5) is 5.69 Å². The number of hydrogen-bond acceptors (Lipinski definition) is 2. The Balaban J connectivity index is 2.50. The van der Waals surface area contributed by atoms with E-state index in [2.05, 4.69) is 31.8 Å². The van der Waals surface area contributed by atoms with E-state index in [1.807, 2.05) is 32.9 Å². The lowest BCUT2D eigenvalue weighted by molar-refractivity contribution is 0.132. The summed E-state index contributed by atoms with van der Waals surface area (Å²) in [6, 6.07) is 6.12. The summed E-state index contributed by atoms with van der Waals surface area (Å²) in [7, 11) is 0. The van der Waals surface area contributed by atoms with Gasteiger partial charge in [0.2, 0.25) is 0 Å². The average Bonchev–Trinajstić information content (AvgIpc) is 2.58. The third kappa shape index (κ3) is 3.03. The van der Waals surface area contributed by atoms with Crippen LogP contribution in [0.15, 0.2) is 18.2 Å². The SMILES string of the molecule is CC(C)(C)Oc1cc2[nH]c(C(C)(C)C)cc2cc1N. The highest BCUT2D eigenvalue weighted by molar-refractivity contribution is 5.86. The number of hydrogen-bond donors (Lipinski definition) is 2. The Hall–Kier alpha value is -1.64. The van der Waals surface area contributed by atoms with Crippen molar-refractivity contribution >= 4 is 16.6 Å². The zero-order chi connectivity index (χ0) is 14.4. The van der Waals surface area contributed by atoms with Crippen molar-refractivity contribution in [1.82, 2.24) is 4.98 Å². The molecule has 2 aromatic rings. The van der Waals surface area contributed by atoms with E-state index < -0.39 is 0 Å².